The Balaban J connectivity index is 1.55. The lowest BCUT2D eigenvalue weighted by atomic mass is 10.1. The number of carbonyl (C=O) groups is 1. The second-order valence-electron chi connectivity index (χ2n) is 5.64. The standard InChI is InChI=1S/C16H22N6O2/c1-17-16-15(19-4-5-20-16)13-11-22(9-10-24-13)14(23)3-2-7-21-8-6-18-12-21/h4-6,8,12-13H,2-3,7,9-11H2,1H3,(H,17,20)/t13-/m0/s1. The highest BCUT2D eigenvalue weighted by molar-refractivity contribution is 5.76. The molecule has 1 atom stereocenters. The zero-order chi connectivity index (χ0) is 16.8. The third kappa shape index (κ3) is 3.88. The molecule has 1 fully saturated rings. The van der Waals surface area contributed by atoms with E-state index in [1.165, 1.54) is 0 Å². The Kier molecular flexibility index (Phi) is 5.37. The highest BCUT2D eigenvalue weighted by Crippen LogP contribution is 2.25. The molecule has 1 aliphatic heterocycles. The lowest BCUT2D eigenvalue weighted by Crippen LogP contribution is -2.42. The average molecular weight is 330 g/mol. The Morgan fingerprint density at radius 2 is 2.25 bits per heavy atom. The van der Waals surface area contributed by atoms with Gasteiger partial charge in [-0.1, -0.05) is 0 Å². The van der Waals surface area contributed by atoms with Crippen LogP contribution in [0.1, 0.15) is 24.6 Å². The van der Waals surface area contributed by atoms with E-state index < -0.39 is 0 Å². The third-order valence-corrected chi connectivity index (χ3v) is 4.05. The normalized spacial score (nSPS) is 17.7. The molecule has 1 amide bonds. The number of anilines is 1. The number of morpholine rings is 1. The van der Waals surface area contributed by atoms with Gasteiger partial charge in [0.1, 0.15) is 17.6 Å². The van der Waals surface area contributed by atoms with E-state index >= 15 is 0 Å². The minimum Gasteiger partial charge on any atom is -0.372 e. The first-order chi connectivity index (χ1) is 11.8. The van der Waals surface area contributed by atoms with Crippen LogP contribution in [0, 0.1) is 0 Å². The average Bonchev–Trinajstić information content (AvgIpc) is 3.15. The molecule has 8 heteroatoms. The predicted octanol–water partition coefficient (Wildman–Crippen LogP) is 1.10. The molecule has 0 unspecified atom stereocenters. The fraction of sp³-hybridized carbons (Fsp3) is 0.500. The molecule has 0 saturated carbocycles. The number of hydrogen-bond donors (Lipinski definition) is 1. The fourth-order valence-electron chi connectivity index (χ4n) is 2.81. The topological polar surface area (TPSA) is 85.2 Å². The quantitative estimate of drug-likeness (QED) is 0.853. The van der Waals surface area contributed by atoms with Crippen LogP contribution in [0.2, 0.25) is 0 Å². The van der Waals surface area contributed by atoms with Crippen molar-refractivity contribution in [3.8, 4) is 0 Å². The Hall–Kier alpha value is -2.48. The summed E-state index contributed by atoms with van der Waals surface area (Å²) in [5, 5.41) is 3.02. The van der Waals surface area contributed by atoms with E-state index in [2.05, 4.69) is 20.3 Å². The summed E-state index contributed by atoms with van der Waals surface area (Å²) in [5.74, 6) is 0.843. The molecular weight excluding hydrogens is 308 g/mol. The molecule has 3 heterocycles. The van der Waals surface area contributed by atoms with Crippen LogP contribution in [0.4, 0.5) is 5.82 Å². The maximum atomic E-state index is 12.5. The number of rotatable bonds is 6. The van der Waals surface area contributed by atoms with Gasteiger partial charge in [0, 0.05) is 51.3 Å². The molecule has 8 nitrogen and oxygen atoms in total. The van der Waals surface area contributed by atoms with Crippen molar-refractivity contribution in [1.82, 2.24) is 24.4 Å². The molecule has 0 aromatic carbocycles. The van der Waals surface area contributed by atoms with Crippen LogP contribution < -0.4 is 5.32 Å². The highest BCUT2D eigenvalue weighted by Gasteiger charge is 2.27. The number of nitrogens with one attached hydrogen (secondary N) is 1. The van der Waals surface area contributed by atoms with Crippen molar-refractivity contribution < 1.29 is 9.53 Å². The molecule has 0 aliphatic carbocycles. The van der Waals surface area contributed by atoms with Crippen LogP contribution in [-0.4, -0.2) is 57.1 Å². The predicted molar refractivity (Wildman–Crippen MR) is 88.3 cm³/mol. The first-order valence-corrected chi connectivity index (χ1v) is 8.11. The summed E-state index contributed by atoms with van der Waals surface area (Å²) < 4.78 is 7.78. The van der Waals surface area contributed by atoms with E-state index in [0.29, 0.717) is 31.9 Å². The van der Waals surface area contributed by atoms with Gasteiger partial charge < -0.3 is 19.5 Å². The lowest BCUT2D eigenvalue weighted by Gasteiger charge is -2.33. The van der Waals surface area contributed by atoms with Crippen molar-refractivity contribution >= 4 is 11.7 Å². The molecule has 1 saturated heterocycles. The van der Waals surface area contributed by atoms with Crippen LogP contribution >= 0.6 is 0 Å². The van der Waals surface area contributed by atoms with Crippen LogP contribution in [0.5, 0.6) is 0 Å². The molecule has 1 aliphatic rings. The van der Waals surface area contributed by atoms with E-state index in [1.54, 1.807) is 32.0 Å². The number of nitrogens with zero attached hydrogens (tertiary/aromatic N) is 5. The van der Waals surface area contributed by atoms with Gasteiger partial charge in [0.05, 0.1) is 19.5 Å². The third-order valence-electron chi connectivity index (χ3n) is 4.05. The highest BCUT2D eigenvalue weighted by atomic mass is 16.5. The molecule has 2 aromatic heterocycles. The maximum Gasteiger partial charge on any atom is 0.222 e. The van der Waals surface area contributed by atoms with Gasteiger partial charge in [0.2, 0.25) is 5.91 Å². The van der Waals surface area contributed by atoms with Crippen molar-refractivity contribution in [2.24, 2.45) is 0 Å². The van der Waals surface area contributed by atoms with Gasteiger partial charge >= 0.3 is 0 Å². The molecular formula is C16H22N6O2. The van der Waals surface area contributed by atoms with Gasteiger partial charge in [-0.15, -0.1) is 0 Å². The summed E-state index contributed by atoms with van der Waals surface area (Å²) >= 11 is 0. The Bertz CT molecular complexity index is 660. The molecule has 0 bridgehead atoms. The number of aromatic nitrogens is 4. The fourth-order valence-corrected chi connectivity index (χ4v) is 2.81. The van der Waals surface area contributed by atoms with E-state index in [1.807, 2.05) is 15.7 Å². The van der Waals surface area contributed by atoms with Crippen molar-refractivity contribution in [3.63, 3.8) is 0 Å². The monoisotopic (exact) mass is 330 g/mol. The number of imidazole rings is 1. The number of ether oxygens (including phenoxy) is 1. The zero-order valence-corrected chi connectivity index (χ0v) is 13.8. The van der Waals surface area contributed by atoms with Gasteiger partial charge in [0.25, 0.3) is 0 Å². The SMILES string of the molecule is CNc1nccnc1[C@@H]1CN(C(=O)CCCn2ccnc2)CCO1. The molecule has 128 valence electrons. The van der Waals surface area contributed by atoms with E-state index in [-0.39, 0.29) is 12.0 Å². The van der Waals surface area contributed by atoms with E-state index in [0.717, 1.165) is 18.7 Å². The molecule has 3 rings (SSSR count). The van der Waals surface area contributed by atoms with E-state index in [9.17, 15) is 4.79 Å². The van der Waals surface area contributed by atoms with Gasteiger partial charge in [-0.2, -0.15) is 0 Å². The summed E-state index contributed by atoms with van der Waals surface area (Å²) in [5.41, 5.74) is 0.746. The van der Waals surface area contributed by atoms with Gasteiger partial charge in [0.15, 0.2) is 0 Å². The van der Waals surface area contributed by atoms with Gasteiger partial charge in [-0.25, -0.2) is 9.97 Å². The van der Waals surface area contributed by atoms with Crippen LogP contribution in [0.25, 0.3) is 0 Å². The summed E-state index contributed by atoms with van der Waals surface area (Å²) in [6.45, 7) is 2.44. The summed E-state index contributed by atoms with van der Waals surface area (Å²) in [4.78, 5) is 26.9. The second-order valence-corrected chi connectivity index (χ2v) is 5.64. The first-order valence-electron chi connectivity index (χ1n) is 8.11. The maximum absolute atomic E-state index is 12.5. The van der Waals surface area contributed by atoms with Crippen molar-refractivity contribution in [2.75, 3.05) is 32.1 Å². The van der Waals surface area contributed by atoms with Gasteiger partial charge in [-0.05, 0) is 6.42 Å². The van der Waals surface area contributed by atoms with Crippen LogP contribution in [-0.2, 0) is 16.1 Å². The Morgan fingerprint density at radius 1 is 1.38 bits per heavy atom. The number of amides is 1. The second kappa shape index (κ2) is 7.87. The largest absolute Gasteiger partial charge is 0.372 e. The van der Waals surface area contributed by atoms with Crippen LogP contribution in [0.3, 0.4) is 0 Å². The van der Waals surface area contributed by atoms with Crippen molar-refractivity contribution in [2.45, 2.75) is 25.5 Å². The molecule has 2 aromatic rings. The Labute approximate surface area is 140 Å². The molecule has 24 heavy (non-hydrogen) atoms. The number of carbonyl (C=O) groups excluding carboxylic acids is 1. The van der Waals surface area contributed by atoms with E-state index in [4.69, 9.17) is 4.74 Å². The summed E-state index contributed by atoms with van der Waals surface area (Å²) in [6, 6.07) is 0. The Morgan fingerprint density at radius 3 is 3.04 bits per heavy atom. The molecule has 1 N–H and O–H groups in total. The number of hydrogen-bond acceptors (Lipinski definition) is 6. The zero-order valence-electron chi connectivity index (χ0n) is 13.8. The first kappa shape index (κ1) is 16.4. The van der Waals surface area contributed by atoms with Crippen LogP contribution in [0.15, 0.2) is 31.1 Å². The molecule has 0 spiro atoms. The van der Waals surface area contributed by atoms with Gasteiger partial charge in [-0.3, -0.25) is 9.78 Å². The smallest absolute Gasteiger partial charge is 0.222 e. The van der Waals surface area contributed by atoms with Crippen molar-refractivity contribution in [1.29, 1.82) is 0 Å². The minimum atomic E-state index is -0.243. The molecule has 0 radical (unpaired) electrons. The summed E-state index contributed by atoms with van der Waals surface area (Å²) in [6.07, 6.45) is 9.77. The van der Waals surface area contributed by atoms with Crippen molar-refractivity contribution in [3.05, 3.63) is 36.8 Å². The number of aryl methyl sites for hydroxylation is 1. The minimum absolute atomic E-state index is 0.151. The summed E-state index contributed by atoms with van der Waals surface area (Å²) in [7, 11) is 1.80. The lowest BCUT2D eigenvalue weighted by molar-refractivity contribution is -0.139.